The van der Waals surface area contributed by atoms with Crippen molar-refractivity contribution >= 4 is 17.1 Å². The zero-order valence-corrected chi connectivity index (χ0v) is 14.6. The van der Waals surface area contributed by atoms with Crippen LogP contribution < -0.4 is 4.74 Å². The summed E-state index contributed by atoms with van der Waals surface area (Å²) in [7, 11) is 0. The van der Waals surface area contributed by atoms with Gasteiger partial charge in [0.25, 0.3) is 5.91 Å². The molecule has 0 bridgehead atoms. The second kappa shape index (κ2) is 5.83. The molecule has 1 aromatic carbocycles. The predicted octanol–water partition coefficient (Wildman–Crippen LogP) is 2.98. The molecular formula is C20H20N4O2. The Bertz CT molecular complexity index is 986. The van der Waals surface area contributed by atoms with Crippen molar-refractivity contribution in [3.63, 3.8) is 0 Å². The number of ether oxygens (including phenoxy) is 1. The summed E-state index contributed by atoms with van der Waals surface area (Å²) in [6, 6.07) is 10.4. The standard InChI is InChI=1S/C20H20N4O2/c1-13-3-2-4-16(7-13)26-17-10-23(11-17)20(25)14-8-18-19(21-9-14)24(12-22-18)15-5-6-15/h2-4,7-9,12,15,17H,5-6,10-11H2,1H3. The van der Waals surface area contributed by atoms with E-state index in [1.807, 2.05) is 43.6 Å². The van der Waals surface area contributed by atoms with Gasteiger partial charge in [0.2, 0.25) is 0 Å². The Morgan fingerprint density at radius 3 is 2.81 bits per heavy atom. The van der Waals surface area contributed by atoms with Crippen molar-refractivity contribution in [1.29, 1.82) is 0 Å². The minimum Gasteiger partial charge on any atom is -0.487 e. The first-order chi connectivity index (χ1) is 12.7. The maximum absolute atomic E-state index is 12.7. The second-order valence-electron chi connectivity index (χ2n) is 7.22. The number of likely N-dealkylation sites (tertiary alicyclic amines) is 1. The molecule has 3 heterocycles. The average Bonchev–Trinajstić information content (AvgIpc) is 3.36. The van der Waals surface area contributed by atoms with Gasteiger partial charge in [0.05, 0.1) is 25.0 Å². The number of rotatable bonds is 4. The molecule has 0 unspecified atom stereocenters. The molecule has 26 heavy (non-hydrogen) atoms. The predicted molar refractivity (Wildman–Crippen MR) is 97.3 cm³/mol. The summed E-state index contributed by atoms with van der Waals surface area (Å²) in [5, 5.41) is 0. The normalized spacial score (nSPS) is 17.3. The van der Waals surface area contributed by atoms with E-state index in [1.54, 1.807) is 11.1 Å². The van der Waals surface area contributed by atoms with Crippen LogP contribution in [0.5, 0.6) is 5.75 Å². The molecular weight excluding hydrogens is 328 g/mol. The van der Waals surface area contributed by atoms with E-state index in [0.717, 1.165) is 16.9 Å². The lowest BCUT2D eigenvalue weighted by Crippen LogP contribution is -2.56. The summed E-state index contributed by atoms with van der Waals surface area (Å²) in [5.74, 6) is 0.847. The molecule has 2 aromatic heterocycles. The molecule has 1 saturated heterocycles. The Balaban J connectivity index is 1.25. The highest BCUT2D eigenvalue weighted by atomic mass is 16.5. The first-order valence-electron chi connectivity index (χ1n) is 9.02. The fourth-order valence-corrected chi connectivity index (χ4v) is 3.40. The third-order valence-corrected chi connectivity index (χ3v) is 5.03. The molecule has 0 N–H and O–H groups in total. The smallest absolute Gasteiger partial charge is 0.255 e. The lowest BCUT2D eigenvalue weighted by atomic mass is 10.1. The van der Waals surface area contributed by atoms with Crippen LogP contribution in [0.15, 0.2) is 42.9 Å². The lowest BCUT2D eigenvalue weighted by molar-refractivity contribution is 0.0177. The highest BCUT2D eigenvalue weighted by Gasteiger charge is 2.33. The van der Waals surface area contributed by atoms with Crippen molar-refractivity contribution in [3.05, 3.63) is 54.0 Å². The quantitative estimate of drug-likeness (QED) is 0.727. The first-order valence-corrected chi connectivity index (χ1v) is 9.02. The van der Waals surface area contributed by atoms with Gasteiger partial charge in [-0.2, -0.15) is 0 Å². The molecule has 0 spiro atoms. The van der Waals surface area contributed by atoms with Gasteiger partial charge in [0.15, 0.2) is 5.65 Å². The average molecular weight is 348 g/mol. The van der Waals surface area contributed by atoms with E-state index in [0.29, 0.717) is 24.7 Å². The van der Waals surface area contributed by atoms with Crippen LogP contribution >= 0.6 is 0 Å². The minimum absolute atomic E-state index is 0.00976. The summed E-state index contributed by atoms with van der Waals surface area (Å²) in [4.78, 5) is 23.4. The molecule has 5 rings (SSSR count). The Kier molecular flexibility index (Phi) is 3.45. The number of nitrogens with zero attached hydrogens (tertiary/aromatic N) is 4. The van der Waals surface area contributed by atoms with E-state index in [2.05, 4.69) is 14.5 Å². The van der Waals surface area contributed by atoms with Crippen LogP contribution in [0.25, 0.3) is 11.2 Å². The topological polar surface area (TPSA) is 60.2 Å². The highest BCUT2D eigenvalue weighted by Crippen LogP contribution is 2.36. The number of fused-ring (bicyclic) bond motifs is 1. The van der Waals surface area contributed by atoms with E-state index >= 15 is 0 Å². The van der Waals surface area contributed by atoms with Crippen LogP contribution in [-0.2, 0) is 0 Å². The number of benzene rings is 1. The monoisotopic (exact) mass is 348 g/mol. The maximum atomic E-state index is 12.7. The van der Waals surface area contributed by atoms with Crippen molar-refractivity contribution in [2.45, 2.75) is 31.9 Å². The number of pyridine rings is 1. The Labute approximate surface area is 151 Å². The van der Waals surface area contributed by atoms with Crippen LogP contribution in [0.4, 0.5) is 0 Å². The molecule has 2 aliphatic rings. The number of aromatic nitrogens is 3. The van der Waals surface area contributed by atoms with E-state index < -0.39 is 0 Å². The number of carbonyl (C=O) groups excluding carboxylic acids is 1. The van der Waals surface area contributed by atoms with E-state index in [4.69, 9.17) is 4.74 Å². The van der Waals surface area contributed by atoms with Gasteiger partial charge in [0, 0.05) is 12.2 Å². The van der Waals surface area contributed by atoms with Crippen LogP contribution in [0.2, 0.25) is 0 Å². The van der Waals surface area contributed by atoms with Gasteiger partial charge in [-0.05, 0) is 43.5 Å². The molecule has 3 aromatic rings. The largest absolute Gasteiger partial charge is 0.487 e. The SMILES string of the molecule is Cc1cccc(OC2CN(C(=O)c3cnc4c(c3)ncn4C3CC3)C2)c1. The van der Waals surface area contributed by atoms with Crippen molar-refractivity contribution in [3.8, 4) is 5.75 Å². The zero-order valence-electron chi connectivity index (χ0n) is 14.6. The van der Waals surface area contributed by atoms with Crippen LogP contribution in [0, 0.1) is 6.92 Å². The molecule has 6 heteroatoms. The molecule has 1 aliphatic carbocycles. The van der Waals surface area contributed by atoms with Crippen molar-refractivity contribution in [2.24, 2.45) is 0 Å². The van der Waals surface area contributed by atoms with Crippen LogP contribution in [-0.4, -0.2) is 44.5 Å². The van der Waals surface area contributed by atoms with Crippen LogP contribution in [0.1, 0.15) is 34.8 Å². The van der Waals surface area contributed by atoms with Crippen molar-refractivity contribution in [2.75, 3.05) is 13.1 Å². The van der Waals surface area contributed by atoms with Gasteiger partial charge >= 0.3 is 0 Å². The number of aryl methyl sites for hydroxylation is 1. The van der Waals surface area contributed by atoms with Gasteiger partial charge in [0.1, 0.15) is 17.4 Å². The number of hydrogen-bond acceptors (Lipinski definition) is 4. The third kappa shape index (κ3) is 2.71. The van der Waals surface area contributed by atoms with Crippen molar-refractivity contribution in [1.82, 2.24) is 19.4 Å². The molecule has 6 nitrogen and oxygen atoms in total. The number of imidazole rings is 1. The Morgan fingerprint density at radius 2 is 2.04 bits per heavy atom. The van der Waals surface area contributed by atoms with Gasteiger partial charge in [-0.1, -0.05) is 12.1 Å². The van der Waals surface area contributed by atoms with Gasteiger partial charge in [-0.25, -0.2) is 9.97 Å². The lowest BCUT2D eigenvalue weighted by Gasteiger charge is -2.39. The summed E-state index contributed by atoms with van der Waals surface area (Å²) < 4.78 is 8.04. The molecule has 0 radical (unpaired) electrons. The molecule has 0 atom stereocenters. The number of carbonyl (C=O) groups is 1. The van der Waals surface area contributed by atoms with E-state index in [9.17, 15) is 4.79 Å². The van der Waals surface area contributed by atoms with Crippen LogP contribution in [0.3, 0.4) is 0 Å². The number of amides is 1. The summed E-state index contributed by atoms with van der Waals surface area (Å²) in [5.41, 5.74) is 3.41. The molecule has 132 valence electrons. The summed E-state index contributed by atoms with van der Waals surface area (Å²) in [6.45, 7) is 3.24. The molecule has 1 amide bonds. The Hall–Kier alpha value is -2.89. The fraction of sp³-hybridized carbons (Fsp3) is 0.350. The van der Waals surface area contributed by atoms with Gasteiger partial charge < -0.3 is 14.2 Å². The van der Waals surface area contributed by atoms with Crippen molar-refractivity contribution < 1.29 is 9.53 Å². The Morgan fingerprint density at radius 1 is 1.19 bits per heavy atom. The summed E-state index contributed by atoms with van der Waals surface area (Å²) in [6.07, 6.45) is 5.92. The number of hydrogen-bond donors (Lipinski definition) is 0. The fourth-order valence-electron chi connectivity index (χ4n) is 3.40. The van der Waals surface area contributed by atoms with Gasteiger partial charge in [-0.3, -0.25) is 4.79 Å². The molecule has 2 fully saturated rings. The molecule has 1 aliphatic heterocycles. The third-order valence-electron chi connectivity index (χ3n) is 5.03. The minimum atomic E-state index is -0.00976. The van der Waals surface area contributed by atoms with Gasteiger partial charge in [-0.15, -0.1) is 0 Å². The van der Waals surface area contributed by atoms with E-state index in [-0.39, 0.29) is 12.0 Å². The summed E-state index contributed by atoms with van der Waals surface area (Å²) >= 11 is 0. The maximum Gasteiger partial charge on any atom is 0.255 e. The first kappa shape index (κ1) is 15.4. The second-order valence-corrected chi connectivity index (χ2v) is 7.22. The highest BCUT2D eigenvalue weighted by molar-refractivity contribution is 5.96. The molecule has 1 saturated carbocycles. The zero-order chi connectivity index (χ0) is 17.7. The van der Waals surface area contributed by atoms with E-state index in [1.165, 1.54) is 18.4 Å².